The first-order chi connectivity index (χ1) is 12.7. The SMILES string of the molecule is COc1ccccc1C(=O)OCC(=O)N1CCN(c2ccccc2)CC1. The highest BCUT2D eigenvalue weighted by Gasteiger charge is 2.23. The minimum Gasteiger partial charge on any atom is -0.496 e. The van der Waals surface area contributed by atoms with Gasteiger partial charge >= 0.3 is 5.97 Å². The van der Waals surface area contributed by atoms with Crippen molar-refractivity contribution in [3.63, 3.8) is 0 Å². The molecule has 0 aromatic heterocycles. The summed E-state index contributed by atoms with van der Waals surface area (Å²) in [4.78, 5) is 28.5. The predicted molar refractivity (Wildman–Crippen MR) is 98.5 cm³/mol. The molecule has 1 fully saturated rings. The van der Waals surface area contributed by atoms with E-state index in [2.05, 4.69) is 17.0 Å². The highest BCUT2D eigenvalue weighted by molar-refractivity contribution is 5.94. The van der Waals surface area contributed by atoms with E-state index in [1.807, 2.05) is 18.2 Å². The van der Waals surface area contributed by atoms with Crippen LogP contribution in [0.3, 0.4) is 0 Å². The molecule has 0 bridgehead atoms. The average molecular weight is 354 g/mol. The second-order valence-electron chi connectivity index (χ2n) is 5.98. The Morgan fingerprint density at radius 2 is 1.58 bits per heavy atom. The summed E-state index contributed by atoms with van der Waals surface area (Å²) in [6, 6.07) is 16.9. The first-order valence-electron chi connectivity index (χ1n) is 8.57. The molecule has 0 unspecified atom stereocenters. The molecule has 136 valence electrons. The van der Waals surface area contributed by atoms with Crippen LogP contribution in [0.25, 0.3) is 0 Å². The molecule has 3 rings (SSSR count). The molecule has 0 aliphatic carbocycles. The molecule has 1 aliphatic rings. The van der Waals surface area contributed by atoms with Gasteiger partial charge in [-0.25, -0.2) is 4.79 Å². The Bertz CT molecular complexity index is 755. The Morgan fingerprint density at radius 3 is 2.27 bits per heavy atom. The zero-order chi connectivity index (χ0) is 18.4. The van der Waals surface area contributed by atoms with Gasteiger partial charge in [0.25, 0.3) is 5.91 Å². The third kappa shape index (κ3) is 4.14. The summed E-state index contributed by atoms with van der Waals surface area (Å²) in [5, 5.41) is 0. The standard InChI is InChI=1S/C20H22N2O4/c1-25-18-10-6-5-9-17(18)20(24)26-15-19(23)22-13-11-21(12-14-22)16-7-3-2-4-8-16/h2-10H,11-15H2,1H3. The lowest BCUT2D eigenvalue weighted by molar-refractivity contribution is -0.134. The number of ether oxygens (including phenoxy) is 2. The lowest BCUT2D eigenvalue weighted by Crippen LogP contribution is -2.49. The van der Waals surface area contributed by atoms with Crippen molar-refractivity contribution in [3.05, 3.63) is 60.2 Å². The van der Waals surface area contributed by atoms with Gasteiger partial charge in [-0.2, -0.15) is 0 Å². The van der Waals surface area contributed by atoms with E-state index in [1.54, 1.807) is 29.2 Å². The van der Waals surface area contributed by atoms with Crippen LogP contribution in [0.1, 0.15) is 10.4 Å². The van der Waals surface area contributed by atoms with Crippen LogP contribution < -0.4 is 9.64 Å². The number of methoxy groups -OCH3 is 1. The zero-order valence-electron chi connectivity index (χ0n) is 14.8. The molecule has 1 heterocycles. The van der Waals surface area contributed by atoms with E-state index in [4.69, 9.17) is 9.47 Å². The molecule has 0 saturated carbocycles. The summed E-state index contributed by atoms with van der Waals surface area (Å²) >= 11 is 0. The number of piperazine rings is 1. The van der Waals surface area contributed by atoms with E-state index in [0.717, 1.165) is 18.8 Å². The minimum atomic E-state index is -0.557. The largest absolute Gasteiger partial charge is 0.496 e. The summed E-state index contributed by atoms with van der Waals surface area (Å²) in [5.41, 5.74) is 1.47. The van der Waals surface area contributed by atoms with Crippen molar-refractivity contribution in [2.45, 2.75) is 0 Å². The third-order valence-electron chi connectivity index (χ3n) is 4.41. The van der Waals surface area contributed by atoms with E-state index in [1.165, 1.54) is 7.11 Å². The molecule has 2 aromatic carbocycles. The minimum absolute atomic E-state index is 0.180. The second-order valence-corrected chi connectivity index (χ2v) is 5.98. The predicted octanol–water partition coefficient (Wildman–Crippen LogP) is 2.20. The molecular weight excluding hydrogens is 332 g/mol. The third-order valence-corrected chi connectivity index (χ3v) is 4.41. The van der Waals surface area contributed by atoms with Gasteiger partial charge in [0, 0.05) is 31.9 Å². The summed E-state index contributed by atoms with van der Waals surface area (Å²) < 4.78 is 10.3. The van der Waals surface area contributed by atoms with Gasteiger partial charge in [0.05, 0.1) is 7.11 Å². The van der Waals surface area contributed by atoms with Crippen molar-refractivity contribution in [2.75, 3.05) is 44.8 Å². The van der Waals surface area contributed by atoms with E-state index in [-0.39, 0.29) is 12.5 Å². The first kappa shape index (κ1) is 17.8. The van der Waals surface area contributed by atoms with Crippen molar-refractivity contribution < 1.29 is 19.1 Å². The Kier molecular flexibility index (Phi) is 5.73. The van der Waals surface area contributed by atoms with Gasteiger partial charge in [-0.1, -0.05) is 30.3 Å². The number of anilines is 1. The summed E-state index contributed by atoms with van der Waals surface area (Å²) in [7, 11) is 1.49. The molecule has 1 aliphatic heterocycles. The number of carbonyl (C=O) groups is 2. The molecule has 2 aromatic rings. The van der Waals surface area contributed by atoms with E-state index < -0.39 is 5.97 Å². The van der Waals surface area contributed by atoms with Crippen LogP contribution in [-0.4, -0.2) is 56.7 Å². The summed E-state index contributed by atoms with van der Waals surface area (Å²) in [6.07, 6.45) is 0. The van der Waals surface area contributed by atoms with Crippen LogP contribution in [0.15, 0.2) is 54.6 Å². The van der Waals surface area contributed by atoms with Gasteiger partial charge in [-0.05, 0) is 24.3 Å². The molecule has 26 heavy (non-hydrogen) atoms. The van der Waals surface area contributed by atoms with Gasteiger partial charge in [-0.3, -0.25) is 4.79 Å². The Balaban J connectivity index is 1.49. The Hall–Kier alpha value is -3.02. The zero-order valence-corrected chi connectivity index (χ0v) is 14.8. The topological polar surface area (TPSA) is 59.1 Å². The van der Waals surface area contributed by atoms with Crippen LogP contribution in [0, 0.1) is 0 Å². The Morgan fingerprint density at radius 1 is 0.923 bits per heavy atom. The number of rotatable bonds is 5. The molecule has 1 amide bonds. The highest BCUT2D eigenvalue weighted by atomic mass is 16.5. The molecule has 0 atom stereocenters. The first-order valence-corrected chi connectivity index (χ1v) is 8.57. The summed E-state index contributed by atoms with van der Waals surface area (Å²) in [5.74, 6) is -0.305. The number of benzene rings is 2. The fourth-order valence-corrected chi connectivity index (χ4v) is 2.96. The number of nitrogens with zero attached hydrogens (tertiary/aromatic N) is 2. The maximum atomic E-state index is 12.3. The normalized spacial score (nSPS) is 14.0. The number of amides is 1. The molecule has 6 nitrogen and oxygen atoms in total. The lowest BCUT2D eigenvalue weighted by Gasteiger charge is -2.36. The van der Waals surface area contributed by atoms with Gasteiger partial charge in [0.2, 0.25) is 0 Å². The van der Waals surface area contributed by atoms with Gasteiger partial charge in [0.15, 0.2) is 6.61 Å². The molecule has 0 spiro atoms. The number of carbonyl (C=O) groups excluding carboxylic acids is 2. The van der Waals surface area contributed by atoms with E-state index >= 15 is 0 Å². The van der Waals surface area contributed by atoms with Crippen LogP contribution in [0.4, 0.5) is 5.69 Å². The van der Waals surface area contributed by atoms with E-state index in [0.29, 0.717) is 24.4 Å². The quantitative estimate of drug-likeness (QED) is 0.771. The van der Waals surface area contributed by atoms with Crippen LogP contribution in [-0.2, 0) is 9.53 Å². The number of hydrogen-bond donors (Lipinski definition) is 0. The molecular formula is C20H22N2O4. The van der Waals surface area contributed by atoms with Crippen molar-refractivity contribution in [1.29, 1.82) is 0 Å². The van der Waals surface area contributed by atoms with Crippen LogP contribution >= 0.6 is 0 Å². The van der Waals surface area contributed by atoms with Crippen molar-refractivity contribution >= 4 is 17.6 Å². The number of para-hydroxylation sites is 2. The maximum Gasteiger partial charge on any atom is 0.342 e. The fourth-order valence-electron chi connectivity index (χ4n) is 2.96. The molecule has 0 radical (unpaired) electrons. The average Bonchev–Trinajstić information content (AvgIpc) is 2.72. The maximum absolute atomic E-state index is 12.3. The fraction of sp³-hybridized carbons (Fsp3) is 0.300. The van der Waals surface area contributed by atoms with Gasteiger partial charge in [-0.15, -0.1) is 0 Å². The second kappa shape index (κ2) is 8.38. The van der Waals surface area contributed by atoms with Crippen LogP contribution in [0.5, 0.6) is 5.75 Å². The molecule has 0 N–H and O–H groups in total. The van der Waals surface area contributed by atoms with E-state index in [9.17, 15) is 9.59 Å². The number of esters is 1. The molecule has 1 saturated heterocycles. The number of hydrogen-bond acceptors (Lipinski definition) is 5. The smallest absolute Gasteiger partial charge is 0.342 e. The lowest BCUT2D eigenvalue weighted by atomic mass is 10.2. The van der Waals surface area contributed by atoms with Crippen molar-refractivity contribution in [3.8, 4) is 5.75 Å². The van der Waals surface area contributed by atoms with Crippen molar-refractivity contribution in [2.24, 2.45) is 0 Å². The Labute approximate surface area is 152 Å². The highest BCUT2D eigenvalue weighted by Crippen LogP contribution is 2.18. The van der Waals surface area contributed by atoms with Gasteiger partial charge in [0.1, 0.15) is 11.3 Å². The monoisotopic (exact) mass is 354 g/mol. The summed E-state index contributed by atoms with van der Waals surface area (Å²) in [6.45, 7) is 2.48. The van der Waals surface area contributed by atoms with Crippen LogP contribution in [0.2, 0.25) is 0 Å². The van der Waals surface area contributed by atoms with Gasteiger partial charge < -0.3 is 19.3 Å². The van der Waals surface area contributed by atoms with Crippen molar-refractivity contribution in [1.82, 2.24) is 4.90 Å². The molecule has 6 heteroatoms.